The maximum absolute atomic E-state index is 14.0. The molecule has 2 aromatic carbocycles. The number of carbonyl (C=O) groups is 2. The van der Waals surface area contributed by atoms with Gasteiger partial charge in [0, 0.05) is 6.20 Å². The molecule has 0 aliphatic carbocycles. The number of nitrogens with zero attached hydrogens (tertiary/aromatic N) is 1. The van der Waals surface area contributed by atoms with Gasteiger partial charge in [0.05, 0.1) is 16.6 Å². The van der Waals surface area contributed by atoms with E-state index in [0.717, 1.165) is 12.1 Å². The lowest BCUT2D eigenvalue weighted by Crippen LogP contribution is -2.27. The molecule has 0 saturated heterocycles. The third kappa shape index (κ3) is 6.29. The summed E-state index contributed by atoms with van der Waals surface area (Å²) in [5.41, 5.74) is 0.359. The van der Waals surface area contributed by atoms with Crippen LogP contribution in [0, 0.1) is 11.6 Å². The van der Waals surface area contributed by atoms with Crippen LogP contribution in [-0.2, 0) is 4.74 Å². The maximum atomic E-state index is 14.0. The number of carbonyl (C=O) groups excluding carboxylic acids is 2. The number of para-hydroxylation sites is 1. The van der Waals surface area contributed by atoms with Crippen molar-refractivity contribution < 1.29 is 27.8 Å². The van der Waals surface area contributed by atoms with Crippen LogP contribution >= 0.6 is 11.6 Å². The number of hydrogen-bond acceptors (Lipinski definition) is 5. The van der Waals surface area contributed by atoms with Crippen LogP contribution in [0.3, 0.4) is 0 Å². The zero-order chi connectivity index (χ0) is 25.0. The number of aromatic nitrogens is 1. The SMILES string of the molecule is C[C@H](NC(=O)c1cc(Cl)cnc1Oc1c(F)cccc1F)c1ccc(C(=O)OC(C)(C)C)cc1. The Morgan fingerprint density at radius 3 is 2.26 bits per heavy atom. The topological polar surface area (TPSA) is 77.5 Å². The van der Waals surface area contributed by atoms with Gasteiger partial charge < -0.3 is 14.8 Å². The summed E-state index contributed by atoms with van der Waals surface area (Å²) >= 11 is 5.98. The number of hydrogen-bond donors (Lipinski definition) is 1. The third-order valence-electron chi connectivity index (χ3n) is 4.57. The molecule has 0 saturated carbocycles. The molecular weight excluding hydrogens is 466 g/mol. The van der Waals surface area contributed by atoms with Crippen molar-refractivity contribution in [3.63, 3.8) is 0 Å². The minimum Gasteiger partial charge on any atom is -0.456 e. The Morgan fingerprint density at radius 1 is 1.06 bits per heavy atom. The molecule has 1 N–H and O–H groups in total. The smallest absolute Gasteiger partial charge is 0.338 e. The zero-order valence-corrected chi connectivity index (χ0v) is 19.7. The number of benzene rings is 2. The van der Waals surface area contributed by atoms with Gasteiger partial charge in [-0.3, -0.25) is 4.79 Å². The second-order valence-electron chi connectivity index (χ2n) is 8.48. The number of halogens is 3. The number of nitrogens with one attached hydrogen (secondary N) is 1. The van der Waals surface area contributed by atoms with Gasteiger partial charge in [-0.2, -0.15) is 0 Å². The van der Waals surface area contributed by atoms with E-state index in [4.69, 9.17) is 21.1 Å². The van der Waals surface area contributed by atoms with E-state index < -0.39 is 40.9 Å². The van der Waals surface area contributed by atoms with Crippen LogP contribution < -0.4 is 10.1 Å². The summed E-state index contributed by atoms with van der Waals surface area (Å²) in [6.07, 6.45) is 1.20. The Balaban J connectivity index is 1.78. The van der Waals surface area contributed by atoms with Crippen molar-refractivity contribution in [3.8, 4) is 11.6 Å². The molecule has 3 rings (SSSR count). The Bertz CT molecular complexity index is 1190. The van der Waals surface area contributed by atoms with E-state index in [1.54, 1.807) is 52.0 Å². The molecule has 0 aliphatic heterocycles. The van der Waals surface area contributed by atoms with Gasteiger partial charge in [0.25, 0.3) is 5.91 Å². The van der Waals surface area contributed by atoms with Crippen LogP contribution in [0.4, 0.5) is 8.78 Å². The van der Waals surface area contributed by atoms with Crippen LogP contribution in [0.2, 0.25) is 5.02 Å². The first-order chi connectivity index (χ1) is 15.9. The van der Waals surface area contributed by atoms with E-state index in [1.807, 2.05) is 0 Å². The molecule has 0 aliphatic rings. The van der Waals surface area contributed by atoms with Gasteiger partial charge in [-0.1, -0.05) is 29.8 Å². The summed E-state index contributed by atoms with van der Waals surface area (Å²) in [7, 11) is 0. The van der Waals surface area contributed by atoms with Crippen LogP contribution in [0.15, 0.2) is 54.7 Å². The molecule has 9 heteroatoms. The summed E-state index contributed by atoms with van der Waals surface area (Å²) in [5, 5.41) is 2.90. The van der Waals surface area contributed by atoms with Crippen LogP contribution in [0.1, 0.15) is 60.0 Å². The number of ether oxygens (including phenoxy) is 2. The van der Waals surface area contributed by atoms with Gasteiger partial charge in [0.1, 0.15) is 11.2 Å². The lowest BCUT2D eigenvalue weighted by Gasteiger charge is -2.20. The number of pyridine rings is 1. The van der Waals surface area contributed by atoms with Crippen LogP contribution in [0.25, 0.3) is 0 Å². The molecular formula is C25H23ClF2N2O4. The monoisotopic (exact) mass is 488 g/mol. The molecule has 1 aromatic heterocycles. The highest BCUT2D eigenvalue weighted by Crippen LogP contribution is 2.30. The van der Waals surface area contributed by atoms with Crippen molar-refractivity contribution in [2.45, 2.75) is 39.3 Å². The van der Waals surface area contributed by atoms with E-state index in [-0.39, 0.29) is 16.5 Å². The maximum Gasteiger partial charge on any atom is 0.338 e. The summed E-state index contributed by atoms with van der Waals surface area (Å²) in [5.74, 6) is -3.95. The Labute approximate surface area is 200 Å². The number of amides is 1. The predicted octanol–water partition coefficient (Wildman–Crippen LogP) is 6.25. The highest BCUT2D eigenvalue weighted by atomic mass is 35.5. The van der Waals surface area contributed by atoms with Crippen molar-refractivity contribution in [3.05, 3.63) is 88.1 Å². The number of rotatable bonds is 6. The summed E-state index contributed by atoms with van der Waals surface area (Å²) < 4.78 is 38.6. The second-order valence-corrected chi connectivity index (χ2v) is 8.91. The van der Waals surface area contributed by atoms with Gasteiger partial charge in [0.15, 0.2) is 11.6 Å². The van der Waals surface area contributed by atoms with Crippen molar-refractivity contribution in [2.24, 2.45) is 0 Å². The molecule has 1 amide bonds. The van der Waals surface area contributed by atoms with Crippen molar-refractivity contribution in [1.29, 1.82) is 0 Å². The molecule has 178 valence electrons. The fourth-order valence-electron chi connectivity index (χ4n) is 2.95. The van der Waals surface area contributed by atoms with Crippen LogP contribution in [-0.4, -0.2) is 22.5 Å². The van der Waals surface area contributed by atoms with Crippen molar-refractivity contribution in [1.82, 2.24) is 10.3 Å². The summed E-state index contributed by atoms with van der Waals surface area (Å²) in [4.78, 5) is 29.1. The van der Waals surface area contributed by atoms with Gasteiger partial charge in [-0.15, -0.1) is 0 Å². The first kappa shape index (κ1) is 25.1. The largest absolute Gasteiger partial charge is 0.456 e. The quantitative estimate of drug-likeness (QED) is 0.415. The standard InChI is InChI=1S/C25H23ClF2N2O4/c1-14(15-8-10-16(11-9-15)24(32)34-25(2,3)4)30-22(31)18-12-17(26)13-29-23(18)33-21-19(27)6-5-7-20(21)28/h5-14H,1-4H3,(H,30,31)/t14-/m0/s1. The second kappa shape index (κ2) is 10.2. The van der Waals surface area contributed by atoms with Gasteiger partial charge in [0.2, 0.25) is 11.6 Å². The highest BCUT2D eigenvalue weighted by molar-refractivity contribution is 6.30. The molecule has 0 bridgehead atoms. The third-order valence-corrected chi connectivity index (χ3v) is 4.78. The predicted molar refractivity (Wildman–Crippen MR) is 123 cm³/mol. The first-order valence-corrected chi connectivity index (χ1v) is 10.7. The minimum atomic E-state index is -0.943. The van der Waals surface area contributed by atoms with E-state index in [0.29, 0.717) is 11.1 Å². The molecule has 0 unspecified atom stereocenters. The Morgan fingerprint density at radius 2 is 1.68 bits per heavy atom. The minimum absolute atomic E-state index is 0.104. The normalized spacial score (nSPS) is 12.1. The molecule has 0 radical (unpaired) electrons. The number of esters is 1. The first-order valence-electron chi connectivity index (χ1n) is 10.4. The van der Waals surface area contributed by atoms with E-state index in [9.17, 15) is 18.4 Å². The van der Waals surface area contributed by atoms with Crippen molar-refractivity contribution >= 4 is 23.5 Å². The molecule has 1 atom stereocenters. The van der Waals surface area contributed by atoms with E-state index in [2.05, 4.69) is 10.3 Å². The van der Waals surface area contributed by atoms with Gasteiger partial charge in [-0.25, -0.2) is 18.6 Å². The highest BCUT2D eigenvalue weighted by Gasteiger charge is 2.22. The molecule has 34 heavy (non-hydrogen) atoms. The van der Waals surface area contributed by atoms with Crippen LogP contribution in [0.5, 0.6) is 11.6 Å². The molecule has 0 spiro atoms. The van der Waals surface area contributed by atoms with E-state index >= 15 is 0 Å². The van der Waals surface area contributed by atoms with Gasteiger partial charge >= 0.3 is 5.97 Å². The fraction of sp³-hybridized carbons (Fsp3) is 0.240. The Kier molecular flexibility index (Phi) is 7.51. The molecule has 1 heterocycles. The lowest BCUT2D eigenvalue weighted by atomic mass is 10.1. The fourth-order valence-corrected chi connectivity index (χ4v) is 3.11. The van der Waals surface area contributed by atoms with E-state index in [1.165, 1.54) is 18.3 Å². The Hall–Kier alpha value is -3.52. The molecule has 0 fully saturated rings. The summed E-state index contributed by atoms with van der Waals surface area (Å²) in [6, 6.07) is 10.6. The van der Waals surface area contributed by atoms with Crippen molar-refractivity contribution in [2.75, 3.05) is 0 Å². The molecule has 6 nitrogen and oxygen atoms in total. The average Bonchev–Trinajstić information content (AvgIpc) is 2.76. The lowest BCUT2D eigenvalue weighted by molar-refractivity contribution is 0.00693. The average molecular weight is 489 g/mol. The zero-order valence-electron chi connectivity index (χ0n) is 19.0. The van der Waals surface area contributed by atoms with Gasteiger partial charge in [-0.05, 0) is 63.6 Å². The summed E-state index contributed by atoms with van der Waals surface area (Å²) in [6.45, 7) is 7.07. The molecule has 3 aromatic rings.